The van der Waals surface area contributed by atoms with E-state index in [2.05, 4.69) is 26.0 Å². The van der Waals surface area contributed by atoms with Gasteiger partial charge in [-0.3, -0.25) is 9.52 Å². The molecular weight excluding hydrogens is 368 g/mol. The van der Waals surface area contributed by atoms with Gasteiger partial charge in [0.15, 0.2) is 0 Å². The lowest BCUT2D eigenvalue weighted by atomic mass is 10.2. The predicted molar refractivity (Wildman–Crippen MR) is 89.5 cm³/mol. The summed E-state index contributed by atoms with van der Waals surface area (Å²) in [4.78, 5) is 11.9. The van der Waals surface area contributed by atoms with Crippen LogP contribution in [0.4, 0.5) is 5.69 Å². The molecule has 0 aliphatic heterocycles. The number of carbonyl (C=O) groups excluding carboxylic acids is 1. The number of hydrogen-bond acceptors (Lipinski definition) is 3. The highest BCUT2D eigenvalue weighted by atomic mass is 79.9. The number of halogens is 1. The minimum Gasteiger partial charge on any atom is -0.355 e. The number of benzene rings is 2. The van der Waals surface area contributed by atoms with E-state index in [1.807, 2.05) is 6.92 Å². The van der Waals surface area contributed by atoms with Gasteiger partial charge in [0, 0.05) is 11.5 Å². The van der Waals surface area contributed by atoms with Crippen LogP contribution >= 0.6 is 15.9 Å². The molecule has 0 aromatic heterocycles. The topological polar surface area (TPSA) is 75.3 Å². The molecule has 7 heteroatoms. The van der Waals surface area contributed by atoms with Crippen LogP contribution in [0.5, 0.6) is 0 Å². The Bertz CT molecular complexity index is 819. The molecule has 0 saturated carbocycles. The molecule has 0 aliphatic rings. The van der Waals surface area contributed by atoms with Gasteiger partial charge in [0.05, 0.1) is 11.3 Å². The van der Waals surface area contributed by atoms with E-state index in [1.54, 1.807) is 36.4 Å². The van der Waals surface area contributed by atoms with Crippen LogP contribution in [-0.4, -0.2) is 21.4 Å². The number of hydrogen-bond donors (Lipinski definition) is 2. The van der Waals surface area contributed by atoms with E-state index in [0.717, 1.165) is 5.56 Å². The second-order valence-corrected chi connectivity index (χ2v) is 7.17. The minimum absolute atomic E-state index is 0.116. The number of carbonyl (C=O) groups is 1. The standard InChI is InChI=1S/C15H15BrN2O3S/c1-10-7-8-14(12(16)9-10)22(20,21)18-13-6-4-3-5-11(13)15(19)17-2/h3-9,18H,1-2H3,(H,17,19). The van der Waals surface area contributed by atoms with Gasteiger partial charge in [-0.1, -0.05) is 18.2 Å². The van der Waals surface area contributed by atoms with Crippen LogP contribution in [-0.2, 0) is 10.0 Å². The minimum atomic E-state index is -3.80. The number of para-hydroxylation sites is 1. The zero-order valence-electron chi connectivity index (χ0n) is 12.1. The maximum atomic E-state index is 12.5. The summed E-state index contributed by atoms with van der Waals surface area (Å²) in [6, 6.07) is 11.4. The van der Waals surface area contributed by atoms with Crippen molar-refractivity contribution in [2.75, 3.05) is 11.8 Å². The first-order chi connectivity index (χ1) is 10.3. The van der Waals surface area contributed by atoms with Crippen LogP contribution in [0, 0.1) is 6.92 Å². The normalized spacial score (nSPS) is 11.0. The van der Waals surface area contributed by atoms with Gasteiger partial charge in [0.1, 0.15) is 4.90 Å². The first kappa shape index (κ1) is 16.5. The fourth-order valence-corrected chi connectivity index (χ4v) is 4.20. The highest BCUT2D eigenvalue weighted by Gasteiger charge is 2.20. The lowest BCUT2D eigenvalue weighted by Crippen LogP contribution is -2.21. The molecule has 0 fully saturated rings. The van der Waals surface area contributed by atoms with E-state index in [4.69, 9.17) is 0 Å². The van der Waals surface area contributed by atoms with Crippen molar-refractivity contribution in [3.63, 3.8) is 0 Å². The van der Waals surface area contributed by atoms with Crippen LogP contribution in [0.25, 0.3) is 0 Å². The van der Waals surface area contributed by atoms with Crippen LogP contribution in [0.2, 0.25) is 0 Å². The molecule has 0 aliphatic carbocycles. The zero-order valence-corrected chi connectivity index (χ0v) is 14.5. The number of sulfonamides is 1. The molecule has 2 aromatic rings. The molecule has 0 spiro atoms. The lowest BCUT2D eigenvalue weighted by Gasteiger charge is -2.13. The first-order valence-electron chi connectivity index (χ1n) is 6.45. The average molecular weight is 383 g/mol. The second-order valence-electron chi connectivity index (χ2n) is 4.66. The summed E-state index contributed by atoms with van der Waals surface area (Å²) < 4.78 is 28.0. The summed E-state index contributed by atoms with van der Waals surface area (Å²) in [5.74, 6) is -0.360. The highest BCUT2D eigenvalue weighted by Crippen LogP contribution is 2.26. The summed E-state index contributed by atoms with van der Waals surface area (Å²) in [6.07, 6.45) is 0. The van der Waals surface area contributed by atoms with Crippen molar-refractivity contribution in [3.8, 4) is 0 Å². The van der Waals surface area contributed by atoms with Gasteiger partial charge in [-0.25, -0.2) is 8.42 Å². The van der Waals surface area contributed by atoms with E-state index in [9.17, 15) is 13.2 Å². The fraction of sp³-hybridized carbons (Fsp3) is 0.133. The molecule has 1 amide bonds. The molecule has 0 heterocycles. The van der Waals surface area contributed by atoms with Crippen LogP contribution in [0.3, 0.4) is 0 Å². The smallest absolute Gasteiger partial charge is 0.263 e. The van der Waals surface area contributed by atoms with Crippen molar-refractivity contribution < 1.29 is 13.2 Å². The van der Waals surface area contributed by atoms with Gasteiger partial charge >= 0.3 is 0 Å². The van der Waals surface area contributed by atoms with Crippen LogP contribution in [0.1, 0.15) is 15.9 Å². The number of aryl methyl sites for hydroxylation is 1. The lowest BCUT2D eigenvalue weighted by molar-refractivity contribution is 0.0964. The SMILES string of the molecule is CNC(=O)c1ccccc1NS(=O)(=O)c1ccc(C)cc1Br. The third-order valence-electron chi connectivity index (χ3n) is 3.02. The molecule has 2 N–H and O–H groups in total. The van der Waals surface area contributed by atoms with Gasteiger partial charge in [0.2, 0.25) is 0 Å². The Labute approximate surface area is 137 Å². The average Bonchev–Trinajstić information content (AvgIpc) is 2.46. The van der Waals surface area contributed by atoms with E-state index in [-0.39, 0.29) is 22.1 Å². The molecule has 0 unspecified atom stereocenters. The Kier molecular flexibility index (Phi) is 4.87. The largest absolute Gasteiger partial charge is 0.355 e. The van der Waals surface area contributed by atoms with Crippen molar-refractivity contribution >= 4 is 37.5 Å². The molecule has 22 heavy (non-hydrogen) atoms. The van der Waals surface area contributed by atoms with Gasteiger partial charge < -0.3 is 5.32 Å². The summed E-state index contributed by atoms with van der Waals surface area (Å²) in [7, 11) is -2.31. The van der Waals surface area contributed by atoms with Gasteiger partial charge in [0.25, 0.3) is 15.9 Å². The van der Waals surface area contributed by atoms with Crippen LogP contribution < -0.4 is 10.0 Å². The molecular formula is C15H15BrN2O3S. The van der Waals surface area contributed by atoms with Crippen LogP contribution in [0.15, 0.2) is 51.8 Å². The maximum Gasteiger partial charge on any atom is 0.263 e. The predicted octanol–water partition coefficient (Wildman–Crippen LogP) is 2.92. The van der Waals surface area contributed by atoms with Gasteiger partial charge in [-0.2, -0.15) is 0 Å². The van der Waals surface area contributed by atoms with Crippen molar-refractivity contribution in [2.45, 2.75) is 11.8 Å². The molecule has 2 aromatic carbocycles. The number of anilines is 1. The Balaban J connectivity index is 2.44. The Hall–Kier alpha value is -1.86. The van der Waals surface area contributed by atoms with Gasteiger partial charge in [-0.05, 0) is 52.7 Å². The summed E-state index contributed by atoms with van der Waals surface area (Å²) in [5, 5.41) is 2.48. The van der Waals surface area contributed by atoms with Crippen molar-refractivity contribution in [3.05, 3.63) is 58.1 Å². The molecule has 0 saturated heterocycles. The van der Waals surface area contributed by atoms with Gasteiger partial charge in [-0.15, -0.1) is 0 Å². The summed E-state index contributed by atoms with van der Waals surface area (Å²) in [5.41, 5.74) is 1.43. The maximum absolute atomic E-state index is 12.5. The zero-order chi connectivity index (χ0) is 16.3. The third-order valence-corrected chi connectivity index (χ3v) is 5.36. The monoisotopic (exact) mass is 382 g/mol. The Morgan fingerprint density at radius 2 is 1.82 bits per heavy atom. The number of rotatable bonds is 4. The van der Waals surface area contributed by atoms with E-state index in [1.165, 1.54) is 13.1 Å². The highest BCUT2D eigenvalue weighted by molar-refractivity contribution is 9.10. The van der Waals surface area contributed by atoms with E-state index in [0.29, 0.717) is 4.47 Å². The Morgan fingerprint density at radius 1 is 1.14 bits per heavy atom. The van der Waals surface area contributed by atoms with E-state index < -0.39 is 10.0 Å². The van der Waals surface area contributed by atoms with E-state index >= 15 is 0 Å². The summed E-state index contributed by atoms with van der Waals surface area (Å²) >= 11 is 3.26. The second kappa shape index (κ2) is 6.50. The summed E-state index contributed by atoms with van der Waals surface area (Å²) in [6.45, 7) is 1.87. The molecule has 116 valence electrons. The van der Waals surface area contributed by atoms with Crippen molar-refractivity contribution in [2.24, 2.45) is 0 Å². The molecule has 5 nitrogen and oxygen atoms in total. The van der Waals surface area contributed by atoms with Crippen molar-refractivity contribution in [1.29, 1.82) is 0 Å². The molecule has 2 rings (SSSR count). The molecule has 0 atom stereocenters. The molecule has 0 bridgehead atoms. The number of amides is 1. The Morgan fingerprint density at radius 3 is 2.45 bits per heavy atom. The quantitative estimate of drug-likeness (QED) is 0.853. The molecule has 0 radical (unpaired) electrons. The first-order valence-corrected chi connectivity index (χ1v) is 8.73. The number of nitrogens with one attached hydrogen (secondary N) is 2. The third kappa shape index (κ3) is 3.48. The fourth-order valence-electron chi connectivity index (χ4n) is 1.93. The van der Waals surface area contributed by atoms with Crippen molar-refractivity contribution in [1.82, 2.24) is 5.32 Å².